The van der Waals surface area contributed by atoms with Crippen LogP contribution in [0.1, 0.15) is 19.8 Å². The number of carbonyl (C=O) groups excluding carboxylic acids is 2. The van der Waals surface area contributed by atoms with Crippen LogP contribution in [0.2, 0.25) is 0 Å². The van der Waals surface area contributed by atoms with Crippen LogP contribution in [0.25, 0.3) is 0 Å². The molecule has 2 amide bonds. The van der Waals surface area contributed by atoms with Crippen LogP contribution in [0.3, 0.4) is 0 Å². The van der Waals surface area contributed by atoms with Crippen molar-refractivity contribution < 1.29 is 14.7 Å². The van der Waals surface area contributed by atoms with Gasteiger partial charge in [0.2, 0.25) is 11.8 Å². The van der Waals surface area contributed by atoms with Crippen LogP contribution in [-0.4, -0.2) is 60.0 Å². The molecule has 16 heavy (non-hydrogen) atoms. The molecule has 1 N–H and O–H groups in total. The molecule has 0 bridgehead atoms. The number of aliphatic hydroxyl groups excluding tert-OH is 1. The lowest BCUT2D eigenvalue weighted by Crippen LogP contribution is -2.38. The number of likely N-dealkylation sites (tertiary alicyclic amines) is 1. The van der Waals surface area contributed by atoms with E-state index in [0.29, 0.717) is 32.5 Å². The van der Waals surface area contributed by atoms with Crippen molar-refractivity contribution in [2.75, 3.05) is 33.3 Å². The minimum Gasteiger partial charge on any atom is -0.396 e. The zero-order valence-electron chi connectivity index (χ0n) is 9.98. The summed E-state index contributed by atoms with van der Waals surface area (Å²) in [6.07, 6.45) is 0.918. The Hall–Kier alpha value is -1.10. The van der Waals surface area contributed by atoms with Crippen LogP contribution in [0.4, 0.5) is 0 Å². The minimum atomic E-state index is -0.198. The lowest BCUT2D eigenvalue weighted by molar-refractivity contribution is -0.135. The van der Waals surface area contributed by atoms with Gasteiger partial charge in [0.05, 0.1) is 5.92 Å². The molecule has 0 aromatic carbocycles. The maximum absolute atomic E-state index is 12.0. The smallest absolute Gasteiger partial charge is 0.227 e. The molecule has 1 rings (SSSR count). The molecule has 0 aliphatic carbocycles. The Kier molecular flexibility index (Phi) is 4.73. The van der Waals surface area contributed by atoms with Crippen LogP contribution < -0.4 is 0 Å². The number of amides is 2. The summed E-state index contributed by atoms with van der Waals surface area (Å²) in [5.41, 5.74) is 0. The van der Waals surface area contributed by atoms with E-state index in [1.54, 1.807) is 16.8 Å². The molecule has 1 atom stereocenters. The molecule has 1 aliphatic heterocycles. The molecule has 0 radical (unpaired) electrons. The van der Waals surface area contributed by atoms with Crippen molar-refractivity contribution in [2.24, 2.45) is 5.92 Å². The highest BCUT2D eigenvalue weighted by molar-refractivity contribution is 5.89. The van der Waals surface area contributed by atoms with Gasteiger partial charge in [-0.3, -0.25) is 9.59 Å². The van der Waals surface area contributed by atoms with Crippen molar-refractivity contribution in [3.05, 3.63) is 0 Å². The third-order valence-corrected chi connectivity index (χ3v) is 2.97. The second kappa shape index (κ2) is 5.84. The Morgan fingerprint density at radius 2 is 2.31 bits per heavy atom. The molecule has 1 aliphatic rings. The molecule has 92 valence electrons. The van der Waals surface area contributed by atoms with Crippen LogP contribution in [0.5, 0.6) is 0 Å². The zero-order chi connectivity index (χ0) is 12.1. The van der Waals surface area contributed by atoms with E-state index >= 15 is 0 Å². The summed E-state index contributed by atoms with van der Waals surface area (Å²) in [4.78, 5) is 26.7. The van der Waals surface area contributed by atoms with Gasteiger partial charge in [0.15, 0.2) is 0 Å². The predicted molar refractivity (Wildman–Crippen MR) is 59.7 cm³/mol. The van der Waals surface area contributed by atoms with E-state index in [1.807, 2.05) is 6.92 Å². The van der Waals surface area contributed by atoms with Gasteiger partial charge in [0.25, 0.3) is 0 Å². The lowest BCUT2D eigenvalue weighted by Gasteiger charge is -2.23. The lowest BCUT2D eigenvalue weighted by atomic mass is 10.1. The number of rotatable bonds is 5. The summed E-state index contributed by atoms with van der Waals surface area (Å²) in [5, 5.41) is 8.74. The van der Waals surface area contributed by atoms with Crippen LogP contribution in [0.15, 0.2) is 0 Å². The van der Waals surface area contributed by atoms with E-state index in [2.05, 4.69) is 0 Å². The predicted octanol–water partition coefficient (Wildman–Crippen LogP) is -0.304. The Morgan fingerprint density at radius 3 is 2.75 bits per heavy atom. The Bertz CT molecular complexity index is 268. The Balaban J connectivity index is 2.52. The van der Waals surface area contributed by atoms with Gasteiger partial charge in [-0.25, -0.2) is 0 Å². The molecule has 0 aromatic rings. The van der Waals surface area contributed by atoms with E-state index in [-0.39, 0.29) is 24.3 Å². The van der Waals surface area contributed by atoms with Crippen molar-refractivity contribution in [2.45, 2.75) is 19.8 Å². The van der Waals surface area contributed by atoms with Gasteiger partial charge in [-0.2, -0.15) is 0 Å². The average Bonchev–Trinajstić information content (AvgIpc) is 2.60. The molecule has 5 heteroatoms. The van der Waals surface area contributed by atoms with Gasteiger partial charge in [-0.15, -0.1) is 0 Å². The summed E-state index contributed by atoms with van der Waals surface area (Å²) in [6.45, 7) is 3.73. The monoisotopic (exact) mass is 228 g/mol. The number of hydrogen-bond acceptors (Lipinski definition) is 3. The number of hydrogen-bond donors (Lipinski definition) is 1. The van der Waals surface area contributed by atoms with Crippen LogP contribution >= 0.6 is 0 Å². The Labute approximate surface area is 96.0 Å². The van der Waals surface area contributed by atoms with Gasteiger partial charge < -0.3 is 14.9 Å². The van der Waals surface area contributed by atoms with E-state index < -0.39 is 0 Å². The van der Waals surface area contributed by atoms with E-state index in [0.717, 1.165) is 0 Å². The molecular formula is C11H20N2O3. The van der Waals surface area contributed by atoms with E-state index in [1.165, 1.54) is 0 Å². The molecular weight excluding hydrogens is 208 g/mol. The van der Waals surface area contributed by atoms with Gasteiger partial charge in [0.1, 0.15) is 0 Å². The normalized spacial score (nSPS) is 20.3. The summed E-state index contributed by atoms with van der Waals surface area (Å²) >= 11 is 0. The van der Waals surface area contributed by atoms with Gasteiger partial charge in [-0.05, 0) is 13.3 Å². The highest BCUT2D eigenvalue weighted by Gasteiger charge is 2.34. The van der Waals surface area contributed by atoms with Crippen molar-refractivity contribution in [3.63, 3.8) is 0 Å². The SMILES string of the molecule is CCN(CCCO)C(=O)C1CC(=O)N(C)C1. The second-order valence-corrected chi connectivity index (χ2v) is 4.17. The summed E-state index contributed by atoms with van der Waals surface area (Å²) in [5.74, 6) is -0.124. The quantitative estimate of drug-likeness (QED) is 0.702. The highest BCUT2D eigenvalue weighted by atomic mass is 16.3. The molecule has 1 heterocycles. The topological polar surface area (TPSA) is 60.9 Å². The first kappa shape index (κ1) is 13.0. The standard InChI is InChI=1S/C11H20N2O3/c1-3-13(5-4-6-14)11(16)9-7-10(15)12(2)8-9/h9,14H,3-8H2,1-2H3. The molecule has 0 spiro atoms. The maximum Gasteiger partial charge on any atom is 0.227 e. The minimum absolute atomic E-state index is 0.0358. The van der Waals surface area contributed by atoms with Gasteiger partial charge in [0, 0.05) is 39.7 Å². The zero-order valence-corrected chi connectivity index (χ0v) is 9.98. The molecule has 1 saturated heterocycles. The van der Waals surface area contributed by atoms with Crippen molar-refractivity contribution in [3.8, 4) is 0 Å². The largest absolute Gasteiger partial charge is 0.396 e. The average molecular weight is 228 g/mol. The highest BCUT2D eigenvalue weighted by Crippen LogP contribution is 2.18. The fraction of sp³-hybridized carbons (Fsp3) is 0.818. The summed E-state index contributed by atoms with van der Waals surface area (Å²) in [6, 6.07) is 0. The number of aliphatic hydroxyl groups is 1. The first-order valence-corrected chi connectivity index (χ1v) is 5.73. The molecule has 1 unspecified atom stereocenters. The van der Waals surface area contributed by atoms with Crippen molar-refractivity contribution >= 4 is 11.8 Å². The van der Waals surface area contributed by atoms with Gasteiger partial charge >= 0.3 is 0 Å². The molecule has 0 saturated carbocycles. The summed E-state index contributed by atoms with van der Waals surface area (Å²) < 4.78 is 0. The third-order valence-electron chi connectivity index (χ3n) is 2.97. The summed E-state index contributed by atoms with van der Waals surface area (Å²) in [7, 11) is 1.72. The second-order valence-electron chi connectivity index (χ2n) is 4.17. The molecule has 5 nitrogen and oxygen atoms in total. The van der Waals surface area contributed by atoms with E-state index in [4.69, 9.17) is 5.11 Å². The number of nitrogens with zero attached hydrogens (tertiary/aromatic N) is 2. The van der Waals surface area contributed by atoms with E-state index in [9.17, 15) is 9.59 Å². The van der Waals surface area contributed by atoms with Crippen LogP contribution in [-0.2, 0) is 9.59 Å². The first-order chi connectivity index (χ1) is 7.60. The third kappa shape index (κ3) is 2.95. The first-order valence-electron chi connectivity index (χ1n) is 5.73. The molecule has 1 fully saturated rings. The maximum atomic E-state index is 12.0. The molecule has 0 aromatic heterocycles. The van der Waals surface area contributed by atoms with Crippen molar-refractivity contribution in [1.29, 1.82) is 0 Å². The fourth-order valence-corrected chi connectivity index (χ4v) is 1.97. The van der Waals surface area contributed by atoms with Crippen LogP contribution in [0, 0.1) is 5.92 Å². The van der Waals surface area contributed by atoms with Gasteiger partial charge in [-0.1, -0.05) is 0 Å². The number of carbonyl (C=O) groups is 2. The van der Waals surface area contributed by atoms with Crippen molar-refractivity contribution in [1.82, 2.24) is 9.80 Å². The fourth-order valence-electron chi connectivity index (χ4n) is 1.97. The Morgan fingerprint density at radius 1 is 1.62 bits per heavy atom.